The molecule has 0 radical (unpaired) electrons. The average molecular weight is 448 g/mol. The number of benzene rings is 2. The maximum absolute atomic E-state index is 13.7. The monoisotopic (exact) mass is 447 g/mol. The van der Waals surface area contributed by atoms with Crippen LogP contribution in [-0.4, -0.2) is 39.4 Å². The third-order valence-electron chi connectivity index (χ3n) is 6.49. The topological polar surface area (TPSA) is 64.4 Å². The highest BCUT2D eigenvalue weighted by atomic mass is 19.1. The summed E-state index contributed by atoms with van der Waals surface area (Å²) in [6.07, 6.45) is -0.767. The number of alkyl halides is 1. The van der Waals surface area contributed by atoms with Crippen molar-refractivity contribution in [1.82, 2.24) is 14.5 Å². The zero-order chi connectivity index (χ0) is 22.9. The van der Waals surface area contributed by atoms with Gasteiger partial charge in [0.2, 0.25) is 0 Å². The molecule has 3 aromatic rings. The fourth-order valence-corrected chi connectivity index (χ4v) is 4.66. The van der Waals surface area contributed by atoms with Gasteiger partial charge in [0.1, 0.15) is 18.1 Å². The Bertz CT molecular complexity index is 1170. The maximum atomic E-state index is 13.7. The molecule has 1 fully saturated rings. The van der Waals surface area contributed by atoms with Crippen LogP contribution < -0.4 is 5.56 Å². The molecule has 170 valence electrons. The van der Waals surface area contributed by atoms with Gasteiger partial charge in [-0.1, -0.05) is 60.7 Å². The highest BCUT2D eigenvalue weighted by Crippen LogP contribution is 2.29. The Labute approximate surface area is 191 Å². The summed E-state index contributed by atoms with van der Waals surface area (Å²) in [5.74, 6) is 0.589. The average Bonchev–Trinajstić information content (AvgIpc) is 2.81. The third-order valence-corrected chi connectivity index (χ3v) is 6.49. The molecule has 1 aromatic heterocycles. The summed E-state index contributed by atoms with van der Waals surface area (Å²) in [5, 5.41) is 0. The Hall–Kier alpha value is -3.48. The lowest BCUT2D eigenvalue weighted by atomic mass is 9.94. The molecule has 5 rings (SSSR count). The fraction of sp³-hybridized carbons (Fsp3) is 0.346. The number of fused-ring (bicyclic) bond motifs is 1. The fourth-order valence-electron chi connectivity index (χ4n) is 4.66. The van der Waals surface area contributed by atoms with Crippen molar-refractivity contribution in [1.29, 1.82) is 0 Å². The summed E-state index contributed by atoms with van der Waals surface area (Å²) in [6.45, 7) is 2.42. The number of rotatable bonds is 4. The molecule has 0 unspecified atom stereocenters. The van der Waals surface area contributed by atoms with Gasteiger partial charge in [-0.05, 0) is 24.5 Å². The van der Waals surface area contributed by atoms with Gasteiger partial charge in [-0.2, -0.15) is 0 Å². The molecule has 1 amide bonds. The number of halogens is 1. The predicted molar refractivity (Wildman–Crippen MR) is 122 cm³/mol. The molecule has 0 atom stereocenters. The number of aryl methyl sites for hydroxylation is 1. The Morgan fingerprint density at radius 1 is 1.06 bits per heavy atom. The first-order chi connectivity index (χ1) is 16.0. The Morgan fingerprint density at radius 3 is 2.24 bits per heavy atom. The number of hydrogen-bond donors (Lipinski definition) is 0. The highest BCUT2D eigenvalue weighted by Gasteiger charge is 2.35. The minimum Gasteiger partial charge on any atom is -0.446 e. The van der Waals surface area contributed by atoms with Crippen LogP contribution in [0.4, 0.5) is 9.18 Å². The van der Waals surface area contributed by atoms with Crippen molar-refractivity contribution in [2.45, 2.75) is 51.0 Å². The molecule has 1 aliphatic heterocycles. The molecule has 1 aliphatic carbocycles. The number of amides is 1. The van der Waals surface area contributed by atoms with E-state index >= 15 is 0 Å². The third kappa shape index (κ3) is 4.15. The molecule has 6 nitrogen and oxygen atoms in total. The van der Waals surface area contributed by atoms with Crippen molar-refractivity contribution in [3.05, 3.63) is 99.2 Å². The first-order valence-corrected chi connectivity index (χ1v) is 11.3. The lowest BCUT2D eigenvalue weighted by molar-refractivity contribution is -0.0145. The molecule has 0 bridgehead atoms. The SMILES string of the molecule is Cc1nc2c(c(=O)n1C(c1ccccc1)c1ccccc1)CCN(C(=O)OC1CC(F)C1)C2. The van der Waals surface area contributed by atoms with Gasteiger partial charge < -0.3 is 9.64 Å². The van der Waals surface area contributed by atoms with Crippen molar-refractivity contribution < 1.29 is 13.9 Å². The van der Waals surface area contributed by atoms with Gasteiger partial charge in [-0.15, -0.1) is 0 Å². The summed E-state index contributed by atoms with van der Waals surface area (Å²) in [6, 6.07) is 19.5. The van der Waals surface area contributed by atoms with Crippen LogP contribution in [0.15, 0.2) is 65.5 Å². The van der Waals surface area contributed by atoms with Gasteiger partial charge in [-0.3, -0.25) is 9.36 Å². The van der Waals surface area contributed by atoms with E-state index in [1.54, 1.807) is 9.47 Å². The second-order valence-corrected chi connectivity index (χ2v) is 8.73. The Morgan fingerprint density at radius 2 is 1.67 bits per heavy atom. The first-order valence-electron chi connectivity index (χ1n) is 11.3. The van der Waals surface area contributed by atoms with Crippen LogP contribution in [0.25, 0.3) is 0 Å². The number of carbonyl (C=O) groups is 1. The minimum absolute atomic E-state index is 0.0810. The van der Waals surface area contributed by atoms with E-state index in [1.807, 2.05) is 67.6 Å². The second kappa shape index (κ2) is 8.81. The summed E-state index contributed by atoms with van der Waals surface area (Å²) in [7, 11) is 0. The number of carbonyl (C=O) groups excluding carboxylic acids is 1. The molecular formula is C26H26FN3O3. The van der Waals surface area contributed by atoms with E-state index in [2.05, 4.69) is 0 Å². The predicted octanol–water partition coefficient (Wildman–Crippen LogP) is 4.18. The van der Waals surface area contributed by atoms with E-state index in [-0.39, 0.29) is 37.1 Å². The number of ether oxygens (including phenoxy) is 1. The van der Waals surface area contributed by atoms with E-state index in [4.69, 9.17) is 9.72 Å². The van der Waals surface area contributed by atoms with Crippen molar-refractivity contribution in [2.75, 3.05) is 6.54 Å². The molecule has 33 heavy (non-hydrogen) atoms. The molecule has 2 aromatic carbocycles. The lowest BCUT2D eigenvalue weighted by Gasteiger charge is -2.34. The van der Waals surface area contributed by atoms with Crippen molar-refractivity contribution >= 4 is 6.09 Å². The lowest BCUT2D eigenvalue weighted by Crippen LogP contribution is -2.44. The number of nitrogens with zero attached hydrogens (tertiary/aromatic N) is 3. The highest BCUT2D eigenvalue weighted by molar-refractivity contribution is 5.68. The van der Waals surface area contributed by atoms with Crippen LogP contribution in [0.1, 0.15) is 47.1 Å². The van der Waals surface area contributed by atoms with Gasteiger partial charge in [0.05, 0.1) is 18.3 Å². The van der Waals surface area contributed by atoms with Gasteiger partial charge in [0.15, 0.2) is 0 Å². The molecule has 1 saturated carbocycles. The summed E-state index contributed by atoms with van der Waals surface area (Å²) in [5.41, 5.74) is 3.16. The molecule has 7 heteroatoms. The van der Waals surface area contributed by atoms with E-state index in [9.17, 15) is 14.0 Å². The van der Waals surface area contributed by atoms with E-state index < -0.39 is 12.3 Å². The van der Waals surface area contributed by atoms with E-state index in [0.29, 0.717) is 30.0 Å². The molecule has 0 saturated heterocycles. The smallest absolute Gasteiger partial charge is 0.410 e. The van der Waals surface area contributed by atoms with Crippen LogP contribution in [0.2, 0.25) is 0 Å². The molecule has 2 heterocycles. The number of aromatic nitrogens is 2. The largest absolute Gasteiger partial charge is 0.446 e. The zero-order valence-electron chi connectivity index (χ0n) is 18.5. The first kappa shape index (κ1) is 21.4. The van der Waals surface area contributed by atoms with Gasteiger partial charge in [-0.25, -0.2) is 14.2 Å². The van der Waals surface area contributed by atoms with Crippen molar-refractivity contribution in [3.63, 3.8) is 0 Å². The molecule has 2 aliphatic rings. The van der Waals surface area contributed by atoms with E-state index in [1.165, 1.54) is 0 Å². The van der Waals surface area contributed by atoms with Crippen LogP contribution in [0.5, 0.6) is 0 Å². The quantitative estimate of drug-likeness (QED) is 0.602. The summed E-state index contributed by atoms with van der Waals surface area (Å²) in [4.78, 5) is 32.5. The second-order valence-electron chi connectivity index (χ2n) is 8.73. The zero-order valence-corrected chi connectivity index (χ0v) is 18.5. The van der Waals surface area contributed by atoms with Crippen molar-refractivity contribution in [2.24, 2.45) is 0 Å². The molecule has 0 spiro atoms. The molecular weight excluding hydrogens is 421 g/mol. The molecule has 0 N–H and O–H groups in total. The maximum Gasteiger partial charge on any atom is 0.410 e. The van der Waals surface area contributed by atoms with Gasteiger partial charge in [0.25, 0.3) is 5.56 Å². The van der Waals surface area contributed by atoms with E-state index in [0.717, 1.165) is 11.1 Å². The van der Waals surface area contributed by atoms with Crippen LogP contribution >= 0.6 is 0 Å². The van der Waals surface area contributed by atoms with Crippen LogP contribution in [0, 0.1) is 6.92 Å². The minimum atomic E-state index is -0.880. The van der Waals surface area contributed by atoms with Gasteiger partial charge >= 0.3 is 6.09 Å². The van der Waals surface area contributed by atoms with Gasteiger partial charge in [0, 0.05) is 24.9 Å². The van der Waals surface area contributed by atoms with Crippen LogP contribution in [0.3, 0.4) is 0 Å². The Kier molecular flexibility index (Phi) is 5.70. The normalized spacial score (nSPS) is 19.7. The van der Waals surface area contributed by atoms with Crippen molar-refractivity contribution in [3.8, 4) is 0 Å². The summed E-state index contributed by atoms with van der Waals surface area (Å²) < 4.78 is 20.2. The summed E-state index contributed by atoms with van der Waals surface area (Å²) >= 11 is 0. The number of hydrogen-bond acceptors (Lipinski definition) is 4. The Balaban J connectivity index is 1.48. The standard InChI is InChI=1S/C26H26FN3O3/c1-17-28-23-16-29(26(32)33-21-14-20(27)15-21)13-12-22(23)25(31)30(17)24(18-8-4-2-5-9-18)19-10-6-3-7-11-19/h2-11,20-21,24H,12-16H2,1H3. The van der Waals surface area contributed by atoms with Crippen LogP contribution in [-0.2, 0) is 17.7 Å².